The van der Waals surface area contributed by atoms with Gasteiger partial charge in [-0.05, 0) is 13.3 Å². The highest BCUT2D eigenvalue weighted by atomic mass is 16.5. The zero-order valence-corrected chi connectivity index (χ0v) is 7.54. The van der Waals surface area contributed by atoms with E-state index in [-0.39, 0.29) is 18.8 Å². The van der Waals surface area contributed by atoms with E-state index < -0.39 is 0 Å². The summed E-state index contributed by atoms with van der Waals surface area (Å²) in [5, 5.41) is 8.63. The number of ether oxygens (including phenoxy) is 2. The average molecular weight is 162 g/mol. The number of rotatable bonds is 6. The largest absolute Gasteiger partial charge is 0.394 e. The molecule has 1 N–H and O–H groups in total. The van der Waals surface area contributed by atoms with Crippen molar-refractivity contribution in [2.24, 2.45) is 0 Å². The Balaban J connectivity index is 3.34. The zero-order valence-electron chi connectivity index (χ0n) is 7.54. The Morgan fingerprint density at radius 3 is 2.45 bits per heavy atom. The SMILES string of the molecule is CCC(COC(C)CO)OC. The Morgan fingerprint density at radius 2 is 2.09 bits per heavy atom. The molecule has 2 atom stereocenters. The monoisotopic (exact) mass is 162 g/mol. The number of methoxy groups -OCH3 is 1. The zero-order chi connectivity index (χ0) is 8.69. The van der Waals surface area contributed by atoms with Crippen molar-refractivity contribution in [3.8, 4) is 0 Å². The van der Waals surface area contributed by atoms with Gasteiger partial charge in [-0.15, -0.1) is 0 Å². The molecular formula is C8H18O3. The normalized spacial score (nSPS) is 16.4. The van der Waals surface area contributed by atoms with Gasteiger partial charge in [0.15, 0.2) is 0 Å². The second-order valence-electron chi connectivity index (χ2n) is 2.59. The molecule has 0 saturated heterocycles. The highest BCUT2D eigenvalue weighted by molar-refractivity contribution is 4.54. The lowest BCUT2D eigenvalue weighted by molar-refractivity contribution is -0.0386. The lowest BCUT2D eigenvalue weighted by Gasteiger charge is -2.16. The second kappa shape index (κ2) is 6.58. The Kier molecular flexibility index (Phi) is 6.51. The van der Waals surface area contributed by atoms with E-state index in [0.717, 1.165) is 6.42 Å². The van der Waals surface area contributed by atoms with Crippen molar-refractivity contribution in [2.75, 3.05) is 20.3 Å². The molecule has 0 bridgehead atoms. The molecule has 0 radical (unpaired) electrons. The fourth-order valence-corrected chi connectivity index (χ4v) is 0.677. The molecule has 0 spiro atoms. The van der Waals surface area contributed by atoms with E-state index >= 15 is 0 Å². The van der Waals surface area contributed by atoms with Gasteiger partial charge in [0.05, 0.1) is 25.4 Å². The molecule has 0 aromatic rings. The van der Waals surface area contributed by atoms with Crippen LogP contribution in [0.5, 0.6) is 0 Å². The van der Waals surface area contributed by atoms with E-state index in [9.17, 15) is 0 Å². The maximum atomic E-state index is 8.63. The van der Waals surface area contributed by atoms with Crippen LogP contribution in [0.4, 0.5) is 0 Å². The third-order valence-electron chi connectivity index (χ3n) is 1.61. The van der Waals surface area contributed by atoms with Gasteiger partial charge in [0.1, 0.15) is 0 Å². The van der Waals surface area contributed by atoms with Gasteiger partial charge in [0.25, 0.3) is 0 Å². The van der Waals surface area contributed by atoms with Gasteiger partial charge in [-0.2, -0.15) is 0 Å². The minimum atomic E-state index is -0.0841. The summed E-state index contributed by atoms with van der Waals surface area (Å²) in [5.41, 5.74) is 0. The minimum Gasteiger partial charge on any atom is -0.394 e. The van der Waals surface area contributed by atoms with Crippen LogP contribution in [0, 0.1) is 0 Å². The van der Waals surface area contributed by atoms with Crippen LogP contribution in [0.1, 0.15) is 20.3 Å². The van der Waals surface area contributed by atoms with Crippen LogP contribution in [0.3, 0.4) is 0 Å². The summed E-state index contributed by atoms with van der Waals surface area (Å²) < 4.78 is 10.3. The van der Waals surface area contributed by atoms with Crippen molar-refractivity contribution in [3.63, 3.8) is 0 Å². The van der Waals surface area contributed by atoms with Crippen LogP contribution in [-0.2, 0) is 9.47 Å². The molecule has 0 aliphatic heterocycles. The van der Waals surface area contributed by atoms with Crippen LogP contribution in [-0.4, -0.2) is 37.6 Å². The minimum absolute atomic E-state index is 0.0696. The lowest BCUT2D eigenvalue weighted by atomic mass is 10.3. The van der Waals surface area contributed by atoms with Crippen molar-refractivity contribution in [2.45, 2.75) is 32.5 Å². The van der Waals surface area contributed by atoms with Crippen molar-refractivity contribution >= 4 is 0 Å². The molecule has 0 saturated carbocycles. The molecule has 3 heteroatoms. The van der Waals surface area contributed by atoms with Crippen molar-refractivity contribution in [1.82, 2.24) is 0 Å². The highest BCUT2D eigenvalue weighted by Crippen LogP contribution is 1.99. The molecule has 0 rings (SSSR count). The highest BCUT2D eigenvalue weighted by Gasteiger charge is 2.06. The molecular weight excluding hydrogens is 144 g/mol. The first kappa shape index (κ1) is 10.9. The molecule has 0 aliphatic carbocycles. The predicted octanol–water partition coefficient (Wildman–Crippen LogP) is 0.809. The average Bonchev–Trinajstić information content (AvgIpc) is 2.06. The maximum Gasteiger partial charge on any atom is 0.0802 e. The molecule has 0 amide bonds. The first-order valence-electron chi connectivity index (χ1n) is 3.99. The van der Waals surface area contributed by atoms with E-state index in [4.69, 9.17) is 14.6 Å². The summed E-state index contributed by atoms with van der Waals surface area (Å²) in [6.07, 6.45) is 1.01. The van der Waals surface area contributed by atoms with Crippen molar-refractivity contribution < 1.29 is 14.6 Å². The van der Waals surface area contributed by atoms with Crippen LogP contribution in [0.15, 0.2) is 0 Å². The van der Waals surface area contributed by atoms with Crippen LogP contribution in [0.2, 0.25) is 0 Å². The maximum absolute atomic E-state index is 8.63. The standard InChI is InChI=1S/C8H18O3/c1-4-8(10-3)6-11-7(2)5-9/h7-9H,4-6H2,1-3H3. The Hall–Kier alpha value is -0.120. The van der Waals surface area contributed by atoms with Gasteiger partial charge in [0, 0.05) is 7.11 Å². The third-order valence-corrected chi connectivity index (χ3v) is 1.61. The number of hydrogen-bond acceptors (Lipinski definition) is 3. The molecule has 0 fully saturated rings. The molecule has 0 heterocycles. The third kappa shape index (κ3) is 5.18. The predicted molar refractivity (Wildman–Crippen MR) is 43.6 cm³/mol. The van der Waals surface area contributed by atoms with E-state index in [0.29, 0.717) is 6.61 Å². The number of hydrogen-bond donors (Lipinski definition) is 1. The molecule has 68 valence electrons. The van der Waals surface area contributed by atoms with Gasteiger partial charge in [-0.1, -0.05) is 6.92 Å². The number of aliphatic hydroxyl groups excluding tert-OH is 1. The molecule has 3 nitrogen and oxygen atoms in total. The quantitative estimate of drug-likeness (QED) is 0.628. The topological polar surface area (TPSA) is 38.7 Å². The Bertz CT molecular complexity index is 81.4. The fourth-order valence-electron chi connectivity index (χ4n) is 0.677. The van der Waals surface area contributed by atoms with Crippen molar-refractivity contribution in [1.29, 1.82) is 0 Å². The Labute approximate surface area is 68.3 Å². The van der Waals surface area contributed by atoms with Crippen molar-refractivity contribution in [3.05, 3.63) is 0 Å². The van der Waals surface area contributed by atoms with E-state index in [2.05, 4.69) is 0 Å². The summed E-state index contributed by atoms with van der Waals surface area (Å²) in [6, 6.07) is 0. The molecule has 0 aromatic carbocycles. The van der Waals surface area contributed by atoms with Gasteiger partial charge in [-0.25, -0.2) is 0 Å². The molecule has 0 aliphatic rings. The first-order chi connectivity index (χ1) is 5.24. The van der Waals surface area contributed by atoms with Gasteiger partial charge in [0.2, 0.25) is 0 Å². The first-order valence-corrected chi connectivity index (χ1v) is 3.99. The summed E-state index contributed by atoms with van der Waals surface area (Å²) in [7, 11) is 1.67. The lowest BCUT2D eigenvalue weighted by Crippen LogP contribution is -2.22. The van der Waals surface area contributed by atoms with Crippen LogP contribution < -0.4 is 0 Å². The van der Waals surface area contributed by atoms with E-state index in [1.54, 1.807) is 7.11 Å². The Morgan fingerprint density at radius 1 is 1.45 bits per heavy atom. The molecule has 0 aromatic heterocycles. The van der Waals surface area contributed by atoms with Crippen LogP contribution in [0.25, 0.3) is 0 Å². The summed E-state index contributed by atoms with van der Waals surface area (Å²) >= 11 is 0. The molecule has 11 heavy (non-hydrogen) atoms. The molecule has 2 unspecified atom stereocenters. The smallest absolute Gasteiger partial charge is 0.0802 e. The number of aliphatic hydroxyl groups is 1. The van der Waals surface area contributed by atoms with E-state index in [1.165, 1.54) is 0 Å². The van der Waals surface area contributed by atoms with E-state index in [1.807, 2.05) is 13.8 Å². The van der Waals surface area contributed by atoms with Gasteiger partial charge < -0.3 is 14.6 Å². The summed E-state index contributed by atoms with van der Waals surface area (Å²) in [5.74, 6) is 0. The van der Waals surface area contributed by atoms with Gasteiger partial charge >= 0.3 is 0 Å². The van der Waals surface area contributed by atoms with Gasteiger partial charge in [-0.3, -0.25) is 0 Å². The summed E-state index contributed by atoms with van der Waals surface area (Å²) in [4.78, 5) is 0. The summed E-state index contributed by atoms with van der Waals surface area (Å²) in [6.45, 7) is 4.51. The van der Waals surface area contributed by atoms with Crippen LogP contribution >= 0.6 is 0 Å². The second-order valence-corrected chi connectivity index (χ2v) is 2.59. The fraction of sp³-hybridized carbons (Fsp3) is 1.00.